The lowest BCUT2D eigenvalue weighted by atomic mass is 9.72. The molecular weight excluding hydrogens is 300 g/mol. The Morgan fingerprint density at radius 3 is 2.36 bits per heavy atom. The third-order valence-corrected chi connectivity index (χ3v) is 4.98. The Hall–Kier alpha value is -1.59. The molecule has 122 valence electrons. The SMILES string of the molecule is Cc1cc(C2(C)CC(C)(C(F)(F)F)CC2C(=O)O)ccc1F. The fourth-order valence-electron chi connectivity index (χ4n) is 3.56. The molecule has 0 heterocycles. The smallest absolute Gasteiger partial charge is 0.394 e. The second kappa shape index (κ2) is 4.96. The van der Waals surface area contributed by atoms with Crippen LogP contribution < -0.4 is 0 Å². The Morgan fingerprint density at radius 2 is 1.91 bits per heavy atom. The van der Waals surface area contributed by atoms with Gasteiger partial charge in [0.15, 0.2) is 0 Å². The summed E-state index contributed by atoms with van der Waals surface area (Å²) in [7, 11) is 0. The van der Waals surface area contributed by atoms with E-state index in [0.717, 1.165) is 6.92 Å². The van der Waals surface area contributed by atoms with Crippen LogP contribution in [-0.4, -0.2) is 17.3 Å². The molecule has 0 bridgehead atoms. The molecule has 1 N–H and O–H groups in total. The number of halogens is 4. The van der Waals surface area contributed by atoms with Crippen LogP contribution in [0.25, 0.3) is 0 Å². The molecule has 0 spiro atoms. The Bertz CT molecular complexity index is 611. The summed E-state index contributed by atoms with van der Waals surface area (Å²) >= 11 is 0. The molecule has 1 aliphatic carbocycles. The van der Waals surface area contributed by atoms with E-state index in [9.17, 15) is 27.5 Å². The average molecular weight is 318 g/mol. The highest BCUT2D eigenvalue weighted by Crippen LogP contribution is 2.60. The number of benzene rings is 1. The molecule has 2 rings (SSSR count). The first-order valence-electron chi connectivity index (χ1n) is 6.97. The minimum atomic E-state index is -4.48. The van der Waals surface area contributed by atoms with Crippen LogP contribution in [0.3, 0.4) is 0 Å². The molecule has 1 aromatic carbocycles. The van der Waals surface area contributed by atoms with Crippen LogP contribution in [0.1, 0.15) is 37.8 Å². The molecule has 1 aromatic rings. The van der Waals surface area contributed by atoms with Gasteiger partial charge in [0, 0.05) is 5.41 Å². The summed E-state index contributed by atoms with van der Waals surface area (Å²) in [5.74, 6) is -2.88. The van der Waals surface area contributed by atoms with Gasteiger partial charge in [-0.05, 0) is 37.0 Å². The molecule has 1 aliphatic rings. The lowest BCUT2D eigenvalue weighted by molar-refractivity contribution is -0.217. The minimum absolute atomic E-state index is 0.295. The van der Waals surface area contributed by atoms with E-state index in [-0.39, 0.29) is 6.42 Å². The van der Waals surface area contributed by atoms with Gasteiger partial charge in [-0.1, -0.05) is 26.0 Å². The number of carboxylic acid groups (broad SMARTS) is 1. The third-order valence-electron chi connectivity index (χ3n) is 4.98. The highest BCUT2D eigenvalue weighted by molar-refractivity contribution is 5.73. The predicted octanol–water partition coefficient (Wildman–Crippen LogP) is 4.46. The van der Waals surface area contributed by atoms with Crippen molar-refractivity contribution in [3.8, 4) is 0 Å². The molecule has 0 amide bonds. The van der Waals surface area contributed by atoms with Crippen molar-refractivity contribution >= 4 is 5.97 Å². The third kappa shape index (κ3) is 2.48. The molecule has 0 radical (unpaired) electrons. The van der Waals surface area contributed by atoms with Gasteiger partial charge in [0.05, 0.1) is 11.3 Å². The molecule has 3 atom stereocenters. The molecule has 0 saturated heterocycles. The molecule has 0 aliphatic heterocycles. The number of carbonyl (C=O) groups is 1. The van der Waals surface area contributed by atoms with Crippen LogP contribution in [0, 0.1) is 24.1 Å². The second-order valence-electron chi connectivity index (χ2n) is 6.71. The first-order chi connectivity index (χ1) is 9.91. The fraction of sp³-hybridized carbons (Fsp3) is 0.562. The van der Waals surface area contributed by atoms with E-state index in [1.165, 1.54) is 32.0 Å². The zero-order valence-corrected chi connectivity index (χ0v) is 12.6. The minimum Gasteiger partial charge on any atom is -0.481 e. The summed E-state index contributed by atoms with van der Waals surface area (Å²) in [6, 6.07) is 4.02. The standard InChI is InChI=1S/C16H18F4O2/c1-9-6-10(4-5-12(9)17)15(3)8-14(2,16(18,19)20)7-11(15)13(21)22/h4-6,11H,7-8H2,1-3H3,(H,21,22). The number of carboxylic acids is 1. The van der Waals surface area contributed by atoms with E-state index in [1.807, 2.05) is 0 Å². The number of aryl methyl sites for hydroxylation is 1. The fourth-order valence-corrected chi connectivity index (χ4v) is 3.56. The van der Waals surface area contributed by atoms with Crippen LogP contribution in [0.2, 0.25) is 0 Å². The summed E-state index contributed by atoms with van der Waals surface area (Å²) in [5, 5.41) is 9.39. The van der Waals surface area contributed by atoms with Crippen LogP contribution in [0.4, 0.5) is 17.6 Å². The quantitative estimate of drug-likeness (QED) is 0.818. The highest BCUT2D eigenvalue weighted by atomic mass is 19.4. The first-order valence-corrected chi connectivity index (χ1v) is 6.97. The van der Waals surface area contributed by atoms with Crippen LogP contribution in [0.5, 0.6) is 0 Å². The molecule has 1 saturated carbocycles. The summed E-state index contributed by atoms with van der Waals surface area (Å²) < 4.78 is 53.4. The van der Waals surface area contributed by atoms with E-state index in [2.05, 4.69) is 0 Å². The van der Waals surface area contributed by atoms with E-state index in [1.54, 1.807) is 0 Å². The van der Waals surface area contributed by atoms with Crippen molar-refractivity contribution in [3.05, 3.63) is 35.1 Å². The molecule has 3 unspecified atom stereocenters. The van der Waals surface area contributed by atoms with Crippen molar-refractivity contribution in [1.29, 1.82) is 0 Å². The zero-order chi connectivity index (χ0) is 16.9. The maximum atomic E-state index is 13.4. The number of rotatable bonds is 2. The van der Waals surface area contributed by atoms with E-state index >= 15 is 0 Å². The lowest BCUT2D eigenvalue weighted by Gasteiger charge is -2.32. The van der Waals surface area contributed by atoms with Gasteiger partial charge in [-0.15, -0.1) is 0 Å². The molecule has 6 heteroatoms. The Morgan fingerprint density at radius 1 is 1.32 bits per heavy atom. The maximum absolute atomic E-state index is 13.4. The Labute approximate surface area is 126 Å². The van der Waals surface area contributed by atoms with Gasteiger partial charge in [0.25, 0.3) is 0 Å². The molecule has 0 aromatic heterocycles. The van der Waals surface area contributed by atoms with Crippen molar-refractivity contribution in [3.63, 3.8) is 0 Å². The van der Waals surface area contributed by atoms with E-state index in [4.69, 9.17) is 0 Å². The van der Waals surface area contributed by atoms with Gasteiger partial charge >= 0.3 is 12.1 Å². The summed E-state index contributed by atoms with van der Waals surface area (Å²) in [4.78, 5) is 11.5. The number of hydrogen-bond acceptors (Lipinski definition) is 1. The number of alkyl halides is 3. The highest BCUT2D eigenvalue weighted by Gasteiger charge is 2.63. The number of aliphatic carboxylic acids is 1. The average Bonchev–Trinajstić information content (AvgIpc) is 2.66. The van der Waals surface area contributed by atoms with Gasteiger partial charge in [-0.3, -0.25) is 4.79 Å². The van der Waals surface area contributed by atoms with Crippen LogP contribution in [0.15, 0.2) is 18.2 Å². The van der Waals surface area contributed by atoms with Crippen LogP contribution in [-0.2, 0) is 10.2 Å². The van der Waals surface area contributed by atoms with Crippen molar-refractivity contribution in [1.82, 2.24) is 0 Å². The van der Waals surface area contributed by atoms with Gasteiger partial charge in [-0.25, -0.2) is 4.39 Å². The van der Waals surface area contributed by atoms with Gasteiger partial charge in [-0.2, -0.15) is 13.2 Å². The topological polar surface area (TPSA) is 37.3 Å². The largest absolute Gasteiger partial charge is 0.481 e. The Kier molecular flexibility index (Phi) is 3.78. The lowest BCUT2D eigenvalue weighted by Crippen LogP contribution is -2.35. The normalized spacial score (nSPS) is 32.2. The summed E-state index contributed by atoms with van der Waals surface area (Å²) in [6.07, 6.45) is -5.28. The van der Waals surface area contributed by atoms with Gasteiger partial charge in [0.1, 0.15) is 5.82 Å². The van der Waals surface area contributed by atoms with E-state index < -0.39 is 41.1 Å². The van der Waals surface area contributed by atoms with Crippen molar-refractivity contribution in [2.24, 2.45) is 11.3 Å². The van der Waals surface area contributed by atoms with Crippen LogP contribution >= 0.6 is 0 Å². The van der Waals surface area contributed by atoms with Gasteiger partial charge < -0.3 is 5.11 Å². The van der Waals surface area contributed by atoms with Gasteiger partial charge in [0.2, 0.25) is 0 Å². The molecule has 22 heavy (non-hydrogen) atoms. The maximum Gasteiger partial charge on any atom is 0.394 e. The number of hydrogen-bond donors (Lipinski definition) is 1. The summed E-state index contributed by atoms with van der Waals surface area (Å²) in [5.41, 5.74) is -2.52. The van der Waals surface area contributed by atoms with Crippen molar-refractivity contribution < 1.29 is 27.5 Å². The van der Waals surface area contributed by atoms with Crippen molar-refractivity contribution in [2.45, 2.75) is 45.2 Å². The Balaban J connectivity index is 2.54. The zero-order valence-electron chi connectivity index (χ0n) is 12.6. The predicted molar refractivity (Wildman–Crippen MR) is 73.0 cm³/mol. The van der Waals surface area contributed by atoms with E-state index in [0.29, 0.717) is 11.1 Å². The second-order valence-corrected chi connectivity index (χ2v) is 6.71. The summed E-state index contributed by atoms with van der Waals surface area (Å²) in [6.45, 7) is 4.09. The molecular formula is C16H18F4O2. The monoisotopic (exact) mass is 318 g/mol. The van der Waals surface area contributed by atoms with Crippen molar-refractivity contribution in [2.75, 3.05) is 0 Å². The molecule has 2 nitrogen and oxygen atoms in total. The molecule has 1 fully saturated rings. The first kappa shape index (κ1) is 16.8.